The maximum atomic E-state index is 6.14. The Balaban J connectivity index is 2.35. The summed E-state index contributed by atoms with van der Waals surface area (Å²) in [6, 6.07) is 0. The Morgan fingerprint density at radius 3 is 2.73 bits per heavy atom. The molecule has 2 rings (SSSR count). The van der Waals surface area contributed by atoms with Crippen LogP contribution >= 0.6 is 11.6 Å². The van der Waals surface area contributed by atoms with E-state index in [1.165, 1.54) is 5.69 Å². The lowest BCUT2D eigenvalue weighted by Crippen LogP contribution is -2.05. The van der Waals surface area contributed by atoms with Gasteiger partial charge in [-0.05, 0) is 24.8 Å². The standard InChI is InChI=1S/C11H18ClN3/c1-4-15-6-14-10(12)9(15)8-7(5-13)11(8,2)3/h6-8H,4-5,13H2,1-3H3. The number of nitrogens with two attached hydrogens (primary N) is 1. The highest BCUT2D eigenvalue weighted by molar-refractivity contribution is 6.30. The van der Waals surface area contributed by atoms with Crippen molar-refractivity contribution in [2.45, 2.75) is 33.2 Å². The van der Waals surface area contributed by atoms with Gasteiger partial charge in [0.05, 0.1) is 12.0 Å². The first-order valence-electron chi connectivity index (χ1n) is 5.44. The Labute approximate surface area is 95.6 Å². The zero-order valence-electron chi connectivity index (χ0n) is 9.50. The highest BCUT2D eigenvalue weighted by Gasteiger charge is 2.59. The predicted octanol–water partition coefficient (Wildman–Crippen LogP) is 2.25. The third-order valence-electron chi connectivity index (χ3n) is 3.77. The largest absolute Gasteiger partial charge is 0.333 e. The first kappa shape index (κ1) is 11.0. The Kier molecular flexibility index (Phi) is 2.55. The van der Waals surface area contributed by atoms with Gasteiger partial charge in [0.15, 0.2) is 5.15 Å². The van der Waals surface area contributed by atoms with Gasteiger partial charge in [-0.25, -0.2) is 4.98 Å². The molecular weight excluding hydrogens is 210 g/mol. The van der Waals surface area contributed by atoms with E-state index < -0.39 is 0 Å². The quantitative estimate of drug-likeness (QED) is 0.861. The normalized spacial score (nSPS) is 28.1. The van der Waals surface area contributed by atoms with Crippen molar-refractivity contribution in [1.29, 1.82) is 0 Å². The highest BCUT2D eigenvalue weighted by Crippen LogP contribution is 2.64. The molecule has 1 saturated carbocycles. The fraction of sp³-hybridized carbons (Fsp3) is 0.727. The summed E-state index contributed by atoms with van der Waals surface area (Å²) in [7, 11) is 0. The lowest BCUT2D eigenvalue weighted by Gasteiger charge is -2.06. The second-order valence-corrected chi connectivity index (χ2v) is 5.21. The molecule has 1 heterocycles. The van der Waals surface area contributed by atoms with Crippen LogP contribution in [0.2, 0.25) is 5.15 Å². The third-order valence-corrected chi connectivity index (χ3v) is 4.06. The molecule has 0 aromatic carbocycles. The SMILES string of the molecule is CCn1cnc(Cl)c1C1C(CN)C1(C)C. The van der Waals surface area contributed by atoms with Crippen LogP contribution in [0.4, 0.5) is 0 Å². The maximum absolute atomic E-state index is 6.14. The first-order chi connectivity index (χ1) is 7.04. The lowest BCUT2D eigenvalue weighted by molar-refractivity contribution is 0.553. The van der Waals surface area contributed by atoms with E-state index in [9.17, 15) is 0 Å². The molecule has 1 aliphatic carbocycles. The van der Waals surface area contributed by atoms with E-state index in [4.69, 9.17) is 17.3 Å². The van der Waals surface area contributed by atoms with Crippen LogP contribution in [0.3, 0.4) is 0 Å². The van der Waals surface area contributed by atoms with Crippen molar-refractivity contribution >= 4 is 11.6 Å². The topological polar surface area (TPSA) is 43.8 Å². The van der Waals surface area contributed by atoms with E-state index in [-0.39, 0.29) is 5.41 Å². The average Bonchev–Trinajstić information content (AvgIpc) is 2.53. The van der Waals surface area contributed by atoms with Crippen LogP contribution < -0.4 is 5.73 Å². The monoisotopic (exact) mass is 227 g/mol. The van der Waals surface area contributed by atoms with Crippen molar-refractivity contribution in [1.82, 2.24) is 9.55 Å². The van der Waals surface area contributed by atoms with Crippen molar-refractivity contribution < 1.29 is 0 Å². The molecule has 84 valence electrons. The van der Waals surface area contributed by atoms with E-state index in [0.29, 0.717) is 17.0 Å². The van der Waals surface area contributed by atoms with Crippen LogP contribution in [0, 0.1) is 11.3 Å². The summed E-state index contributed by atoms with van der Waals surface area (Å²) >= 11 is 6.14. The fourth-order valence-electron chi connectivity index (χ4n) is 2.65. The van der Waals surface area contributed by atoms with Gasteiger partial charge in [0.1, 0.15) is 0 Å². The van der Waals surface area contributed by atoms with Crippen LogP contribution in [0.5, 0.6) is 0 Å². The highest BCUT2D eigenvalue weighted by atomic mass is 35.5. The molecule has 1 fully saturated rings. The third kappa shape index (κ3) is 1.49. The summed E-state index contributed by atoms with van der Waals surface area (Å²) in [5.74, 6) is 1.01. The van der Waals surface area contributed by atoms with Gasteiger partial charge in [-0.3, -0.25) is 0 Å². The van der Waals surface area contributed by atoms with Gasteiger partial charge in [-0.15, -0.1) is 0 Å². The zero-order chi connectivity index (χ0) is 11.2. The van der Waals surface area contributed by atoms with Gasteiger partial charge in [0, 0.05) is 12.5 Å². The molecule has 2 N–H and O–H groups in total. The number of rotatable bonds is 3. The van der Waals surface area contributed by atoms with Crippen LogP contribution in [-0.4, -0.2) is 16.1 Å². The maximum Gasteiger partial charge on any atom is 0.150 e. The molecule has 0 amide bonds. The average molecular weight is 228 g/mol. The summed E-state index contributed by atoms with van der Waals surface area (Å²) in [5.41, 5.74) is 7.21. The van der Waals surface area contributed by atoms with Crippen LogP contribution in [-0.2, 0) is 6.54 Å². The van der Waals surface area contributed by atoms with Gasteiger partial charge in [0.25, 0.3) is 0 Å². The van der Waals surface area contributed by atoms with E-state index in [2.05, 4.69) is 30.3 Å². The minimum Gasteiger partial charge on any atom is -0.333 e. The second-order valence-electron chi connectivity index (χ2n) is 4.85. The Hall–Kier alpha value is -0.540. The molecule has 3 nitrogen and oxygen atoms in total. The number of aromatic nitrogens is 2. The number of halogens is 1. The molecule has 1 aromatic rings. The summed E-state index contributed by atoms with van der Waals surface area (Å²) in [4.78, 5) is 4.17. The molecule has 0 radical (unpaired) electrons. The molecule has 4 heteroatoms. The van der Waals surface area contributed by atoms with Crippen LogP contribution in [0.25, 0.3) is 0 Å². The number of hydrogen-bond donors (Lipinski definition) is 1. The van der Waals surface area contributed by atoms with Crippen molar-refractivity contribution in [3.63, 3.8) is 0 Å². The van der Waals surface area contributed by atoms with E-state index in [0.717, 1.165) is 13.1 Å². The molecular formula is C11H18ClN3. The molecule has 1 aliphatic rings. The van der Waals surface area contributed by atoms with E-state index in [1.807, 2.05) is 6.33 Å². The van der Waals surface area contributed by atoms with Crippen molar-refractivity contribution in [2.24, 2.45) is 17.1 Å². The Morgan fingerprint density at radius 2 is 2.27 bits per heavy atom. The van der Waals surface area contributed by atoms with Gasteiger partial charge >= 0.3 is 0 Å². The molecule has 2 atom stereocenters. The molecule has 0 saturated heterocycles. The molecule has 2 unspecified atom stereocenters. The number of nitrogens with zero attached hydrogens (tertiary/aromatic N) is 2. The Morgan fingerprint density at radius 1 is 1.60 bits per heavy atom. The van der Waals surface area contributed by atoms with Crippen LogP contribution in [0.15, 0.2) is 6.33 Å². The van der Waals surface area contributed by atoms with Gasteiger partial charge in [-0.1, -0.05) is 25.4 Å². The molecule has 0 bridgehead atoms. The van der Waals surface area contributed by atoms with E-state index in [1.54, 1.807) is 0 Å². The molecule has 0 spiro atoms. The van der Waals surface area contributed by atoms with Gasteiger partial charge in [0.2, 0.25) is 0 Å². The van der Waals surface area contributed by atoms with Crippen LogP contribution in [0.1, 0.15) is 32.4 Å². The van der Waals surface area contributed by atoms with Gasteiger partial charge in [-0.2, -0.15) is 0 Å². The predicted molar refractivity (Wildman–Crippen MR) is 62.0 cm³/mol. The van der Waals surface area contributed by atoms with Crippen molar-refractivity contribution in [3.8, 4) is 0 Å². The fourth-order valence-corrected chi connectivity index (χ4v) is 2.92. The summed E-state index contributed by atoms with van der Waals surface area (Å²) in [6.45, 7) is 8.24. The minimum atomic E-state index is 0.269. The minimum absolute atomic E-state index is 0.269. The second kappa shape index (κ2) is 3.49. The zero-order valence-corrected chi connectivity index (χ0v) is 10.3. The number of imidazole rings is 1. The number of aryl methyl sites for hydroxylation is 1. The first-order valence-corrected chi connectivity index (χ1v) is 5.82. The molecule has 0 aliphatic heterocycles. The number of hydrogen-bond acceptors (Lipinski definition) is 2. The summed E-state index contributed by atoms with van der Waals surface area (Å²) in [5, 5.41) is 0.644. The lowest BCUT2D eigenvalue weighted by atomic mass is 10.1. The molecule has 1 aromatic heterocycles. The van der Waals surface area contributed by atoms with Crippen molar-refractivity contribution in [3.05, 3.63) is 17.2 Å². The van der Waals surface area contributed by atoms with Crippen molar-refractivity contribution in [2.75, 3.05) is 6.54 Å². The summed E-state index contributed by atoms with van der Waals surface area (Å²) < 4.78 is 2.13. The molecule has 15 heavy (non-hydrogen) atoms. The van der Waals surface area contributed by atoms with E-state index >= 15 is 0 Å². The summed E-state index contributed by atoms with van der Waals surface area (Å²) in [6.07, 6.45) is 1.82. The smallest absolute Gasteiger partial charge is 0.150 e. The van der Waals surface area contributed by atoms with Gasteiger partial charge < -0.3 is 10.3 Å². The Bertz CT molecular complexity index is 370.